The Kier molecular flexibility index (Phi) is 4.93. The van der Waals surface area contributed by atoms with E-state index in [0.717, 1.165) is 12.0 Å². The zero-order valence-electron chi connectivity index (χ0n) is 14.5. The van der Waals surface area contributed by atoms with Gasteiger partial charge in [-0.05, 0) is 43.2 Å². The molecule has 6 heteroatoms. The van der Waals surface area contributed by atoms with Crippen LogP contribution in [0.5, 0.6) is 0 Å². The van der Waals surface area contributed by atoms with E-state index in [1.807, 2.05) is 19.1 Å². The number of hydrogen-bond donors (Lipinski definition) is 1. The zero-order valence-corrected chi connectivity index (χ0v) is 14.5. The number of nitrogens with one attached hydrogen (secondary N) is 1. The lowest BCUT2D eigenvalue weighted by Gasteiger charge is -2.12. The minimum Gasteiger partial charge on any atom is -0.320 e. The van der Waals surface area contributed by atoms with Gasteiger partial charge in [0.2, 0.25) is 5.43 Å². The maximum atomic E-state index is 14.1. The smallest absolute Gasteiger partial charge is 0.280 e. The topological polar surface area (TPSA) is 64.0 Å². The molecule has 0 unspecified atom stereocenters. The first-order chi connectivity index (χ1) is 12.5. The van der Waals surface area contributed by atoms with E-state index in [0.29, 0.717) is 11.4 Å². The normalized spacial score (nSPS) is 10.6. The van der Waals surface area contributed by atoms with Crippen LogP contribution in [-0.2, 0) is 6.42 Å². The molecule has 132 valence electrons. The van der Waals surface area contributed by atoms with Crippen LogP contribution in [0.4, 0.5) is 10.1 Å². The Morgan fingerprint density at radius 1 is 1.15 bits per heavy atom. The third-order valence-corrected chi connectivity index (χ3v) is 4.02. The van der Waals surface area contributed by atoms with Crippen molar-refractivity contribution in [2.75, 3.05) is 5.32 Å². The van der Waals surface area contributed by atoms with E-state index in [1.165, 1.54) is 22.9 Å². The van der Waals surface area contributed by atoms with Crippen LogP contribution in [0.2, 0.25) is 0 Å². The number of carbonyl (C=O) groups is 1. The molecule has 3 rings (SSSR count). The summed E-state index contributed by atoms with van der Waals surface area (Å²) < 4.78 is 15.3. The fourth-order valence-electron chi connectivity index (χ4n) is 2.59. The van der Waals surface area contributed by atoms with Crippen molar-refractivity contribution in [2.24, 2.45) is 0 Å². The highest BCUT2D eigenvalue weighted by atomic mass is 19.1. The minimum atomic E-state index is -0.635. The number of benzene rings is 2. The van der Waals surface area contributed by atoms with Crippen molar-refractivity contribution in [1.29, 1.82) is 0 Å². The van der Waals surface area contributed by atoms with Gasteiger partial charge in [-0.1, -0.05) is 31.2 Å². The van der Waals surface area contributed by atoms with Crippen LogP contribution in [0.3, 0.4) is 0 Å². The molecule has 1 amide bonds. The quantitative estimate of drug-likeness (QED) is 0.782. The Bertz CT molecular complexity index is 1010. The molecule has 0 saturated carbocycles. The summed E-state index contributed by atoms with van der Waals surface area (Å²) in [6.45, 7) is 3.67. The molecule has 1 N–H and O–H groups in total. The van der Waals surface area contributed by atoms with Crippen molar-refractivity contribution in [2.45, 2.75) is 20.3 Å². The summed E-state index contributed by atoms with van der Waals surface area (Å²) in [4.78, 5) is 24.7. The summed E-state index contributed by atoms with van der Waals surface area (Å²) in [5, 5.41) is 6.74. The van der Waals surface area contributed by atoms with E-state index >= 15 is 0 Å². The van der Waals surface area contributed by atoms with Crippen molar-refractivity contribution >= 4 is 11.6 Å². The van der Waals surface area contributed by atoms with Gasteiger partial charge in [-0.2, -0.15) is 5.10 Å². The predicted octanol–water partition coefficient (Wildman–Crippen LogP) is 3.49. The molecule has 0 spiro atoms. The molecule has 26 heavy (non-hydrogen) atoms. The Hall–Kier alpha value is -3.28. The first-order valence-corrected chi connectivity index (χ1v) is 8.25. The third-order valence-electron chi connectivity index (χ3n) is 4.02. The second kappa shape index (κ2) is 7.31. The molecule has 2 aromatic carbocycles. The molecule has 5 nitrogen and oxygen atoms in total. The van der Waals surface area contributed by atoms with Crippen LogP contribution < -0.4 is 10.7 Å². The lowest BCUT2D eigenvalue weighted by molar-refractivity contribution is 0.101. The molecule has 0 aliphatic rings. The van der Waals surface area contributed by atoms with Gasteiger partial charge in [0.15, 0.2) is 5.69 Å². The van der Waals surface area contributed by atoms with E-state index in [2.05, 4.69) is 10.4 Å². The van der Waals surface area contributed by atoms with Crippen molar-refractivity contribution in [3.05, 3.63) is 87.6 Å². The maximum absolute atomic E-state index is 14.1. The number of carbonyl (C=O) groups excluding carboxylic acids is 1. The first-order valence-electron chi connectivity index (χ1n) is 8.25. The van der Waals surface area contributed by atoms with Gasteiger partial charge in [0.05, 0.1) is 0 Å². The molecule has 0 aliphatic carbocycles. The van der Waals surface area contributed by atoms with Gasteiger partial charge in [-0.3, -0.25) is 9.59 Å². The molecule has 0 radical (unpaired) electrons. The molecule has 0 atom stereocenters. The number of hydrogen-bond acceptors (Lipinski definition) is 3. The number of aryl methyl sites for hydroxylation is 2. The fraction of sp³-hybridized carbons (Fsp3) is 0.150. The highest BCUT2D eigenvalue weighted by Crippen LogP contribution is 2.14. The van der Waals surface area contributed by atoms with Crippen LogP contribution in [0.15, 0.2) is 59.4 Å². The van der Waals surface area contributed by atoms with Gasteiger partial charge in [0, 0.05) is 17.4 Å². The van der Waals surface area contributed by atoms with Crippen LogP contribution in [-0.4, -0.2) is 15.7 Å². The van der Waals surface area contributed by atoms with Gasteiger partial charge < -0.3 is 5.32 Å². The van der Waals surface area contributed by atoms with E-state index in [4.69, 9.17) is 0 Å². The number of para-hydroxylation sites is 1. The molecule has 1 aromatic heterocycles. The molecule has 0 fully saturated rings. The first kappa shape index (κ1) is 17.5. The number of amides is 1. The second-order valence-corrected chi connectivity index (χ2v) is 5.87. The molecular weight excluding hydrogens is 333 g/mol. The number of nitrogens with zero attached hydrogens (tertiary/aromatic N) is 2. The highest BCUT2D eigenvalue weighted by molar-refractivity contribution is 6.02. The zero-order chi connectivity index (χ0) is 18.7. The average Bonchev–Trinajstić information content (AvgIpc) is 2.63. The minimum absolute atomic E-state index is 0.173. The SMILES string of the molecule is CCc1ccc(NC(=O)c2nn(-c3ccccc3F)c(C)cc2=O)cc1. The number of rotatable bonds is 4. The average molecular weight is 351 g/mol. The Morgan fingerprint density at radius 2 is 1.85 bits per heavy atom. The van der Waals surface area contributed by atoms with Crippen molar-refractivity contribution < 1.29 is 9.18 Å². The highest BCUT2D eigenvalue weighted by Gasteiger charge is 2.16. The van der Waals surface area contributed by atoms with Crippen molar-refractivity contribution in [1.82, 2.24) is 9.78 Å². The van der Waals surface area contributed by atoms with Gasteiger partial charge in [-0.15, -0.1) is 0 Å². The summed E-state index contributed by atoms with van der Waals surface area (Å²) in [7, 11) is 0. The molecule has 0 saturated heterocycles. The third kappa shape index (κ3) is 3.54. The van der Waals surface area contributed by atoms with Gasteiger partial charge >= 0.3 is 0 Å². The lowest BCUT2D eigenvalue weighted by Crippen LogP contribution is -2.27. The van der Waals surface area contributed by atoms with Crippen LogP contribution >= 0.6 is 0 Å². The van der Waals surface area contributed by atoms with E-state index < -0.39 is 17.2 Å². The van der Waals surface area contributed by atoms with E-state index in [1.54, 1.807) is 31.2 Å². The van der Waals surface area contributed by atoms with Gasteiger partial charge in [0.25, 0.3) is 5.91 Å². The van der Waals surface area contributed by atoms with Crippen LogP contribution in [0, 0.1) is 12.7 Å². The number of anilines is 1. The van der Waals surface area contributed by atoms with E-state index in [-0.39, 0.29) is 11.4 Å². The lowest BCUT2D eigenvalue weighted by atomic mass is 10.1. The van der Waals surface area contributed by atoms with Gasteiger partial charge in [0.1, 0.15) is 11.5 Å². The molecule has 0 aliphatic heterocycles. The van der Waals surface area contributed by atoms with Crippen LogP contribution in [0.1, 0.15) is 28.7 Å². The number of aromatic nitrogens is 2. The molecule has 3 aromatic rings. The monoisotopic (exact) mass is 351 g/mol. The predicted molar refractivity (Wildman–Crippen MR) is 98.3 cm³/mol. The standard InChI is InChI=1S/C20H18FN3O2/c1-3-14-8-10-15(11-9-14)22-20(26)19-18(25)12-13(2)24(23-19)17-7-5-4-6-16(17)21/h4-12H,3H2,1-2H3,(H,22,26). The Balaban J connectivity index is 1.96. The number of halogens is 1. The van der Waals surface area contributed by atoms with Crippen molar-refractivity contribution in [3.63, 3.8) is 0 Å². The summed E-state index contributed by atoms with van der Waals surface area (Å²) in [5.41, 5.74) is 1.50. The molecule has 1 heterocycles. The fourth-order valence-corrected chi connectivity index (χ4v) is 2.59. The summed E-state index contributed by atoms with van der Waals surface area (Å²) in [6, 6.07) is 14.6. The molecular formula is C20H18FN3O2. The maximum Gasteiger partial charge on any atom is 0.280 e. The summed E-state index contributed by atoms with van der Waals surface area (Å²) in [6.07, 6.45) is 0.890. The van der Waals surface area contributed by atoms with Gasteiger partial charge in [-0.25, -0.2) is 9.07 Å². The largest absolute Gasteiger partial charge is 0.320 e. The summed E-state index contributed by atoms with van der Waals surface area (Å²) in [5.74, 6) is -1.13. The van der Waals surface area contributed by atoms with Crippen molar-refractivity contribution in [3.8, 4) is 5.69 Å². The van der Waals surface area contributed by atoms with Crippen LogP contribution in [0.25, 0.3) is 5.69 Å². The Morgan fingerprint density at radius 3 is 2.50 bits per heavy atom. The molecule has 0 bridgehead atoms. The second-order valence-electron chi connectivity index (χ2n) is 5.87. The Labute approximate surface area is 150 Å². The van der Waals surface area contributed by atoms with E-state index in [9.17, 15) is 14.0 Å². The summed E-state index contributed by atoms with van der Waals surface area (Å²) >= 11 is 0.